The molecule has 0 fully saturated rings. The van der Waals surface area contributed by atoms with Gasteiger partial charge in [0.1, 0.15) is 6.04 Å². The second-order valence-corrected chi connectivity index (χ2v) is 8.38. The van der Waals surface area contributed by atoms with Crippen molar-refractivity contribution >= 4 is 40.0 Å². The predicted molar refractivity (Wildman–Crippen MR) is 134 cm³/mol. The van der Waals surface area contributed by atoms with Gasteiger partial charge in [-0.3, -0.25) is 34.4 Å². The third-order valence-electron chi connectivity index (χ3n) is 6.20. The number of carbonyl (C=O) groups is 3. The molecule has 1 atom stereocenters. The Kier molecular flexibility index (Phi) is 6.06. The van der Waals surface area contributed by atoms with E-state index in [1.54, 1.807) is 42.6 Å². The Morgan fingerprint density at radius 2 is 1.73 bits per heavy atom. The van der Waals surface area contributed by atoms with Gasteiger partial charge in [-0.1, -0.05) is 36.4 Å². The molecule has 37 heavy (non-hydrogen) atoms. The zero-order valence-corrected chi connectivity index (χ0v) is 19.6. The molecule has 0 bridgehead atoms. The summed E-state index contributed by atoms with van der Waals surface area (Å²) in [5.74, 6) is -1.80. The SMILES string of the molecule is COc1ccc(C[C@@H](C(=O)Nc2cccc3cccnc23)N2C(=O)c3ccccc3C2=O)cc1[N+](=O)[O-]. The Morgan fingerprint density at radius 1 is 1.03 bits per heavy atom. The highest BCUT2D eigenvalue weighted by molar-refractivity contribution is 6.23. The Morgan fingerprint density at radius 3 is 2.41 bits per heavy atom. The molecule has 1 aromatic heterocycles. The van der Waals surface area contributed by atoms with Crippen molar-refractivity contribution in [2.24, 2.45) is 0 Å². The van der Waals surface area contributed by atoms with Crippen molar-refractivity contribution in [2.75, 3.05) is 12.4 Å². The standard InChI is InChI=1S/C27H20N4O6/c1-37-23-12-11-16(14-21(23)31(35)36)15-22(30-26(33)18-8-2-3-9-19(18)27(30)34)25(32)29-20-10-4-6-17-7-5-13-28-24(17)20/h2-14,22H,15H2,1H3,(H,29,32)/t22-/m0/s1. The Bertz CT molecular complexity index is 1540. The van der Waals surface area contributed by atoms with E-state index < -0.39 is 28.7 Å². The van der Waals surface area contributed by atoms with Crippen LogP contribution in [-0.2, 0) is 11.2 Å². The minimum atomic E-state index is -1.29. The van der Waals surface area contributed by atoms with Gasteiger partial charge in [0, 0.05) is 24.1 Å². The summed E-state index contributed by atoms with van der Waals surface area (Å²) in [6.45, 7) is 0. The van der Waals surface area contributed by atoms with Gasteiger partial charge in [-0.05, 0) is 35.9 Å². The number of carbonyl (C=O) groups excluding carboxylic acids is 3. The van der Waals surface area contributed by atoms with Gasteiger partial charge in [0.05, 0.1) is 34.4 Å². The van der Waals surface area contributed by atoms with Crippen molar-refractivity contribution in [3.63, 3.8) is 0 Å². The average molecular weight is 496 g/mol. The first kappa shape index (κ1) is 23.6. The van der Waals surface area contributed by atoms with Crippen molar-refractivity contribution < 1.29 is 24.0 Å². The van der Waals surface area contributed by atoms with Crippen LogP contribution in [0, 0.1) is 10.1 Å². The number of amides is 3. The highest BCUT2D eigenvalue weighted by Crippen LogP contribution is 2.31. The summed E-state index contributed by atoms with van der Waals surface area (Å²) in [7, 11) is 1.31. The lowest BCUT2D eigenvalue weighted by Crippen LogP contribution is -2.48. The summed E-state index contributed by atoms with van der Waals surface area (Å²) in [5.41, 5.74) is 1.42. The highest BCUT2D eigenvalue weighted by atomic mass is 16.6. The number of benzene rings is 3. The van der Waals surface area contributed by atoms with E-state index in [4.69, 9.17) is 4.74 Å². The van der Waals surface area contributed by atoms with Gasteiger partial charge in [0.15, 0.2) is 5.75 Å². The molecule has 0 spiro atoms. The lowest BCUT2D eigenvalue weighted by molar-refractivity contribution is -0.385. The lowest BCUT2D eigenvalue weighted by atomic mass is 10.0. The fourth-order valence-corrected chi connectivity index (χ4v) is 4.44. The van der Waals surface area contributed by atoms with Crippen LogP contribution in [0.5, 0.6) is 5.75 Å². The first-order valence-electron chi connectivity index (χ1n) is 11.3. The maximum absolute atomic E-state index is 13.7. The summed E-state index contributed by atoms with van der Waals surface area (Å²) in [5, 5.41) is 15.1. The average Bonchev–Trinajstić information content (AvgIpc) is 3.17. The minimum Gasteiger partial charge on any atom is -0.490 e. The molecule has 3 amide bonds. The minimum absolute atomic E-state index is 0.0531. The number of nitro benzene ring substituents is 1. The van der Waals surface area contributed by atoms with Crippen molar-refractivity contribution in [2.45, 2.75) is 12.5 Å². The van der Waals surface area contributed by atoms with E-state index >= 15 is 0 Å². The molecule has 2 heterocycles. The third kappa shape index (κ3) is 4.25. The molecule has 0 saturated heterocycles. The van der Waals surface area contributed by atoms with Crippen LogP contribution in [-0.4, -0.2) is 45.7 Å². The second-order valence-electron chi connectivity index (χ2n) is 8.38. The molecule has 0 aliphatic carbocycles. The molecule has 1 N–H and O–H groups in total. The van der Waals surface area contributed by atoms with Crippen LogP contribution >= 0.6 is 0 Å². The number of rotatable bonds is 7. The first-order valence-corrected chi connectivity index (χ1v) is 11.3. The topological polar surface area (TPSA) is 132 Å². The molecule has 0 saturated carbocycles. The van der Waals surface area contributed by atoms with Crippen molar-refractivity contribution in [3.8, 4) is 5.75 Å². The maximum atomic E-state index is 13.7. The molecule has 3 aromatic carbocycles. The van der Waals surface area contributed by atoms with Gasteiger partial charge in [0.2, 0.25) is 5.91 Å². The van der Waals surface area contributed by atoms with Crippen LogP contribution in [0.2, 0.25) is 0 Å². The van der Waals surface area contributed by atoms with Crippen molar-refractivity contribution in [1.29, 1.82) is 0 Å². The normalized spacial score (nSPS) is 13.4. The first-order chi connectivity index (χ1) is 17.9. The van der Waals surface area contributed by atoms with E-state index in [0.717, 1.165) is 10.3 Å². The van der Waals surface area contributed by atoms with E-state index in [1.807, 2.05) is 12.1 Å². The molecule has 1 aliphatic heterocycles. The molecule has 4 aromatic rings. The molecule has 10 nitrogen and oxygen atoms in total. The van der Waals surface area contributed by atoms with E-state index in [0.29, 0.717) is 16.8 Å². The van der Waals surface area contributed by atoms with Gasteiger partial charge in [0.25, 0.3) is 11.8 Å². The number of ether oxygens (including phenoxy) is 1. The Labute approximate surface area is 210 Å². The smallest absolute Gasteiger partial charge is 0.311 e. The summed E-state index contributed by atoms with van der Waals surface area (Å²) < 4.78 is 5.06. The molecule has 10 heteroatoms. The Balaban J connectivity index is 1.55. The quantitative estimate of drug-likeness (QED) is 0.232. The summed E-state index contributed by atoms with van der Waals surface area (Å²) >= 11 is 0. The van der Waals surface area contributed by atoms with Gasteiger partial charge in [-0.2, -0.15) is 0 Å². The number of imide groups is 1. The number of methoxy groups -OCH3 is 1. The van der Waals surface area contributed by atoms with Crippen LogP contribution in [0.1, 0.15) is 26.3 Å². The zero-order valence-electron chi connectivity index (χ0n) is 19.6. The number of nitro groups is 1. The van der Waals surface area contributed by atoms with Gasteiger partial charge in [-0.25, -0.2) is 0 Å². The summed E-state index contributed by atoms with van der Waals surface area (Å²) in [4.78, 5) is 56.4. The lowest BCUT2D eigenvalue weighted by Gasteiger charge is -2.26. The Hall–Kier alpha value is -5.12. The number of hydrogen-bond acceptors (Lipinski definition) is 7. The van der Waals surface area contributed by atoms with E-state index in [-0.39, 0.29) is 29.0 Å². The van der Waals surface area contributed by atoms with Crippen LogP contribution < -0.4 is 10.1 Å². The maximum Gasteiger partial charge on any atom is 0.311 e. The highest BCUT2D eigenvalue weighted by Gasteiger charge is 2.43. The van der Waals surface area contributed by atoms with E-state index in [1.165, 1.54) is 31.4 Å². The largest absolute Gasteiger partial charge is 0.490 e. The van der Waals surface area contributed by atoms with Gasteiger partial charge >= 0.3 is 5.69 Å². The zero-order chi connectivity index (χ0) is 26.1. The number of hydrogen-bond donors (Lipinski definition) is 1. The molecular formula is C27H20N4O6. The van der Waals surface area contributed by atoms with Crippen LogP contribution in [0.4, 0.5) is 11.4 Å². The molecule has 5 rings (SSSR count). The third-order valence-corrected chi connectivity index (χ3v) is 6.20. The monoisotopic (exact) mass is 496 g/mol. The van der Waals surface area contributed by atoms with Gasteiger partial charge < -0.3 is 10.1 Å². The predicted octanol–water partition coefficient (Wildman–Crippen LogP) is 4.00. The van der Waals surface area contributed by atoms with Crippen LogP contribution in [0.15, 0.2) is 79.0 Å². The van der Waals surface area contributed by atoms with E-state index in [9.17, 15) is 24.5 Å². The molecule has 0 radical (unpaired) electrons. The number of nitrogens with zero attached hydrogens (tertiary/aromatic N) is 3. The number of anilines is 1. The van der Waals surface area contributed by atoms with Crippen molar-refractivity contribution in [3.05, 3.63) is 106 Å². The fraction of sp³-hybridized carbons (Fsp3) is 0.111. The van der Waals surface area contributed by atoms with Crippen molar-refractivity contribution in [1.82, 2.24) is 9.88 Å². The molecule has 1 aliphatic rings. The fourth-order valence-electron chi connectivity index (χ4n) is 4.44. The number of aromatic nitrogens is 1. The van der Waals surface area contributed by atoms with Crippen LogP contribution in [0.3, 0.4) is 0 Å². The van der Waals surface area contributed by atoms with Gasteiger partial charge in [-0.15, -0.1) is 0 Å². The molecule has 184 valence electrons. The number of nitrogens with one attached hydrogen (secondary N) is 1. The molecule has 0 unspecified atom stereocenters. The number of para-hydroxylation sites is 1. The number of pyridine rings is 1. The molecular weight excluding hydrogens is 476 g/mol. The van der Waals surface area contributed by atoms with Crippen LogP contribution in [0.25, 0.3) is 10.9 Å². The summed E-state index contributed by atoms with van der Waals surface area (Å²) in [6.07, 6.45) is 1.44. The number of fused-ring (bicyclic) bond motifs is 2. The second kappa shape index (κ2) is 9.50. The summed E-state index contributed by atoms with van der Waals surface area (Å²) in [6, 6.07) is 18.2. The van der Waals surface area contributed by atoms with E-state index in [2.05, 4.69) is 10.3 Å².